The average Bonchev–Trinajstić information content (AvgIpc) is 3.04. The highest BCUT2D eigenvalue weighted by Gasteiger charge is 2.29. The van der Waals surface area contributed by atoms with Crippen LogP contribution in [0.1, 0.15) is 63.9 Å². The van der Waals surface area contributed by atoms with Crippen molar-refractivity contribution in [3.63, 3.8) is 0 Å². The Labute approximate surface area is 151 Å². The molecule has 0 saturated carbocycles. The van der Waals surface area contributed by atoms with E-state index in [0.717, 1.165) is 43.5 Å². The summed E-state index contributed by atoms with van der Waals surface area (Å²) >= 11 is 1.74. The van der Waals surface area contributed by atoms with Gasteiger partial charge in [-0.25, -0.2) is 4.98 Å². The Balaban J connectivity index is 1.56. The maximum Gasteiger partial charge on any atom is 0.255 e. The number of carbonyl (C=O) groups excluding carboxylic acids is 1. The van der Waals surface area contributed by atoms with E-state index in [4.69, 9.17) is 0 Å². The number of rotatable bonds is 2. The van der Waals surface area contributed by atoms with Crippen molar-refractivity contribution in [1.82, 2.24) is 14.9 Å². The molecule has 5 nitrogen and oxygen atoms in total. The predicted molar refractivity (Wildman–Crippen MR) is 98.4 cm³/mol. The zero-order valence-corrected chi connectivity index (χ0v) is 15.3. The Morgan fingerprint density at radius 3 is 3.00 bits per heavy atom. The summed E-state index contributed by atoms with van der Waals surface area (Å²) in [7, 11) is 0. The van der Waals surface area contributed by atoms with Crippen LogP contribution in [0.25, 0.3) is 0 Å². The molecule has 4 rings (SSSR count). The molecule has 6 heteroatoms. The van der Waals surface area contributed by atoms with Gasteiger partial charge in [-0.3, -0.25) is 9.59 Å². The molecule has 132 valence electrons. The van der Waals surface area contributed by atoms with Gasteiger partial charge in [-0.1, -0.05) is 0 Å². The first-order valence-electron chi connectivity index (χ1n) is 9.08. The largest absolute Gasteiger partial charge is 0.338 e. The van der Waals surface area contributed by atoms with Crippen LogP contribution in [0.15, 0.2) is 16.2 Å². The molecular weight excluding hydrogens is 334 g/mol. The maximum atomic E-state index is 13.1. The van der Waals surface area contributed by atoms with Crippen molar-refractivity contribution in [3.8, 4) is 0 Å². The summed E-state index contributed by atoms with van der Waals surface area (Å²) in [6, 6.07) is 1.58. The molecule has 1 fully saturated rings. The number of fused-ring (bicyclic) bond motifs is 1. The van der Waals surface area contributed by atoms with Gasteiger partial charge in [0.2, 0.25) is 0 Å². The first kappa shape index (κ1) is 16.5. The third kappa shape index (κ3) is 3.27. The molecule has 1 N–H and O–H groups in total. The molecule has 1 aliphatic heterocycles. The van der Waals surface area contributed by atoms with Gasteiger partial charge in [-0.05, 0) is 51.0 Å². The van der Waals surface area contributed by atoms with Crippen LogP contribution in [0.5, 0.6) is 0 Å². The molecule has 0 unspecified atom stereocenters. The van der Waals surface area contributed by atoms with E-state index in [9.17, 15) is 9.59 Å². The summed E-state index contributed by atoms with van der Waals surface area (Å²) in [5.41, 5.74) is 2.90. The van der Waals surface area contributed by atoms with E-state index in [-0.39, 0.29) is 17.4 Å². The summed E-state index contributed by atoms with van der Waals surface area (Å²) in [5, 5.41) is 2.05. The van der Waals surface area contributed by atoms with Crippen molar-refractivity contribution in [1.29, 1.82) is 0 Å². The van der Waals surface area contributed by atoms with E-state index in [1.54, 1.807) is 24.3 Å². The Bertz CT molecular complexity index is 855. The molecule has 25 heavy (non-hydrogen) atoms. The van der Waals surface area contributed by atoms with Gasteiger partial charge in [-0.2, -0.15) is 0 Å². The minimum Gasteiger partial charge on any atom is -0.338 e. The van der Waals surface area contributed by atoms with Crippen molar-refractivity contribution in [3.05, 3.63) is 49.3 Å². The lowest BCUT2D eigenvalue weighted by molar-refractivity contribution is 0.0705. The number of likely N-dealkylation sites (tertiary alicyclic amines) is 1. The minimum atomic E-state index is -0.113. The third-order valence-electron chi connectivity index (χ3n) is 5.30. The number of carbonyl (C=O) groups is 1. The van der Waals surface area contributed by atoms with E-state index >= 15 is 0 Å². The molecule has 1 saturated heterocycles. The molecule has 2 aliphatic rings. The zero-order chi connectivity index (χ0) is 17.4. The van der Waals surface area contributed by atoms with Crippen LogP contribution >= 0.6 is 11.3 Å². The lowest BCUT2D eigenvalue weighted by atomic mass is 9.92. The molecule has 0 spiro atoms. The summed E-state index contributed by atoms with van der Waals surface area (Å²) in [6.07, 6.45) is 6.50. The fourth-order valence-electron chi connectivity index (χ4n) is 4.06. The number of aryl methyl sites for hydroxylation is 2. The molecule has 1 amide bonds. The van der Waals surface area contributed by atoms with Crippen LogP contribution in [0, 0.1) is 6.92 Å². The molecule has 2 aromatic heterocycles. The van der Waals surface area contributed by atoms with Crippen LogP contribution in [0.3, 0.4) is 0 Å². The van der Waals surface area contributed by atoms with E-state index in [0.29, 0.717) is 12.4 Å². The SMILES string of the molecule is Cc1nc([C@H]2CCCN(C(=O)c3csc4c3CCCC4)C2)cc(=O)[nH]1. The summed E-state index contributed by atoms with van der Waals surface area (Å²) in [4.78, 5) is 35.4. The summed E-state index contributed by atoms with van der Waals surface area (Å²) in [5.74, 6) is 0.941. The number of H-pyrrole nitrogens is 1. The van der Waals surface area contributed by atoms with Gasteiger partial charge in [0.15, 0.2) is 0 Å². The van der Waals surface area contributed by atoms with Crippen LogP contribution < -0.4 is 5.56 Å². The van der Waals surface area contributed by atoms with E-state index in [1.807, 2.05) is 4.90 Å². The second-order valence-corrected chi connectivity index (χ2v) is 8.07. The molecule has 3 heterocycles. The highest BCUT2D eigenvalue weighted by molar-refractivity contribution is 7.10. The van der Waals surface area contributed by atoms with Crippen molar-refractivity contribution < 1.29 is 4.79 Å². The number of hydrogen-bond donors (Lipinski definition) is 1. The quantitative estimate of drug-likeness (QED) is 0.898. The number of thiophene rings is 1. The average molecular weight is 357 g/mol. The van der Waals surface area contributed by atoms with Crippen molar-refractivity contribution in [2.24, 2.45) is 0 Å². The lowest BCUT2D eigenvalue weighted by Crippen LogP contribution is -2.39. The third-order valence-corrected chi connectivity index (χ3v) is 6.39. The van der Waals surface area contributed by atoms with Gasteiger partial charge >= 0.3 is 0 Å². The maximum absolute atomic E-state index is 13.1. The topological polar surface area (TPSA) is 66.1 Å². The van der Waals surface area contributed by atoms with Gasteiger partial charge in [0.05, 0.1) is 11.3 Å². The first-order valence-corrected chi connectivity index (χ1v) is 9.96. The highest BCUT2D eigenvalue weighted by Crippen LogP contribution is 2.32. The highest BCUT2D eigenvalue weighted by atomic mass is 32.1. The Hall–Kier alpha value is -1.95. The Morgan fingerprint density at radius 1 is 1.32 bits per heavy atom. The fourth-order valence-corrected chi connectivity index (χ4v) is 5.18. The number of aromatic nitrogens is 2. The number of piperidine rings is 1. The minimum absolute atomic E-state index is 0.113. The molecular formula is C19H23N3O2S. The van der Waals surface area contributed by atoms with Crippen LogP contribution in [-0.4, -0.2) is 33.9 Å². The summed E-state index contributed by atoms with van der Waals surface area (Å²) < 4.78 is 0. The van der Waals surface area contributed by atoms with Gasteiger partial charge in [0.25, 0.3) is 11.5 Å². The monoisotopic (exact) mass is 357 g/mol. The zero-order valence-electron chi connectivity index (χ0n) is 14.5. The molecule has 0 bridgehead atoms. The number of aromatic amines is 1. The normalized spacial score (nSPS) is 20.4. The standard InChI is InChI=1S/C19H23N3O2S/c1-12-20-16(9-18(23)21-12)13-5-4-8-22(10-13)19(24)15-11-25-17-7-3-2-6-14(15)17/h9,11,13H,2-8,10H2,1H3,(H,20,21,23)/t13-/m0/s1. The van der Waals surface area contributed by atoms with Gasteiger partial charge in [0, 0.05) is 35.3 Å². The number of hydrogen-bond acceptors (Lipinski definition) is 4. The first-order chi connectivity index (χ1) is 12.1. The van der Waals surface area contributed by atoms with E-state index in [1.165, 1.54) is 23.3 Å². The fraction of sp³-hybridized carbons (Fsp3) is 0.526. The molecule has 2 aromatic rings. The summed E-state index contributed by atoms with van der Waals surface area (Å²) in [6.45, 7) is 3.25. The van der Waals surface area contributed by atoms with Crippen molar-refractivity contribution in [2.45, 2.75) is 51.4 Å². The van der Waals surface area contributed by atoms with Gasteiger partial charge in [0.1, 0.15) is 5.82 Å². The molecule has 1 aliphatic carbocycles. The van der Waals surface area contributed by atoms with Crippen molar-refractivity contribution in [2.75, 3.05) is 13.1 Å². The second kappa shape index (κ2) is 6.75. The van der Waals surface area contributed by atoms with Gasteiger partial charge in [-0.15, -0.1) is 11.3 Å². The van der Waals surface area contributed by atoms with E-state index in [2.05, 4.69) is 15.3 Å². The Kier molecular flexibility index (Phi) is 4.46. The van der Waals surface area contributed by atoms with Crippen LogP contribution in [-0.2, 0) is 12.8 Å². The van der Waals surface area contributed by atoms with Crippen LogP contribution in [0.4, 0.5) is 0 Å². The van der Waals surface area contributed by atoms with Gasteiger partial charge < -0.3 is 9.88 Å². The number of amides is 1. The van der Waals surface area contributed by atoms with Crippen LogP contribution in [0.2, 0.25) is 0 Å². The van der Waals surface area contributed by atoms with Crippen molar-refractivity contribution >= 4 is 17.2 Å². The smallest absolute Gasteiger partial charge is 0.255 e. The molecule has 0 aromatic carbocycles. The lowest BCUT2D eigenvalue weighted by Gasteiger charge is -2.32. The Morgan fingerprint density at radius 2 is 2.16 bits per heavy atom. The molecule has 0 radical (unpaired) electrons. The number of nitrogens with one attached hydrogen (secondary N) is 1. The van der Waals surface area contributed by atoms with E-state index < -0.39 is 0 Å². The number of nitrogens with zero attached hydrogens (tertiary/aromatic N) is 2. The second-order valence-electron chi connectivity index (χ2n) is 7.10. The predicted octanol–water partition coefficient (Wildman–Crippen LogP) is 3.04. The molecule has 1 atom stereocenters.